The van der Waals surface area contributed by atoms with E-state index in [9.17, 15) is 14.7 Å². The Bertz CT molecular complexity index is 505. The predicted molar refractivity (Wildman–Crippen MR) is 68.2 cm³/mol. The fraction of sp³-hybridized carbons (Fsp3) is 0.267. The summed E-state index contributed by atoms with van der Waals surface area (Å²) in [4.78, 5) is 23.8. The maximum atomic E-state index is 12.0. The van der Waals surface area contributed by atoms with Crippen LogP contribution in [0.25, 0.3) is 0 Å². The van der Waals surface area contributed by atoms with E-state index in [1.165, 1.54) is 0 Å². The number of rotatable bonds is 3. The van der Waals surface area contributed by atoms with Gasteiger partial charge in [0.1, 0.15) is 5.78 Å². The summed E-state index contributed by atoms with van der Waals surface area (Å²) in [6.45, 7) is 1.84. The monoisotopic (exact) mass is 332 g/mol. The van der Waals surface area contributed by atoms with E-state index in [0.29, 0.717) is 18.4 Å². The zero-order valence-corrected chi connectivity index (χ0v) is 13.7. The molecule has 1 radical (unpaired) electrons. The normalized spacial score (nSPS) is 16.2. The van der Waals surface area contributed by atoms with Crippen LogP contribution < -0.4 is 0 Å². The van der Waals surface area contributed by atoms with E-state index in [2.05, 4.69) is 0 Å². The first-order valence-corrected chi connectivity index (χ1v) is 5.91. The van der Waals surface area contributed by atoms with E-state index >= 15 is 0 Å². The molecule has 19 heavy (non-hydrogen) atoms. The van der Waals surface area contributed by atoms with Gasteiger partial charge in [-0.3, -0.25) is 9.59 Å². The van der Waals surface area contributed by atoms with Crippen molar-refractivity contribution in [1.29, 1.82) is 0 Å². The number of aliphatic hydroxyl groups excluding tert-OH is 1. The fourth-order valence-corrected chi connectivity index (χ4v) is 2.08. The van der Waals surface area contributed by atoms with Crippen molar-refractivity contribution in [3.05, 3.63) is 53.1 Å². The third-order valence-electron chi connectivity index (χ3n) is 3.05. The van der Waals surface area contributed by atoms with Crippen LogP contribution in [-0.2, 0) is 37.5 Å². The molecule has 0 aliphatic heterocycles. The van der Waals surface area contributed by atoms with Gasteiger partial charge in [-0.25, -0.2) is 0 Å². The van der Waals surface area contributed by atoms with Crippen molar-refractivity contribution in [2.75, 3.05) is 0 Å². The molecule has 0 bridgehead atoms. The fourth-order valence-electron chi connectivity index (χ4n) is 2.08. The Morgan fingerprint density at radius 2 is 1.89 bits per heavy atom. The molecule has 1 aliphatic carbocycles. The molecule has 97 valence electrons. The van der Waals surface area contributed by atoms with Crippen molar-refractivity contribution in [2.45, 2.75) is 26.2 Å². The second-order valence-electron chi connectivity index (χ2n) is 4.63. The molecule has 0 atom stereocenters. The molecule has 0 saturated carbocycles. The van der Waals surface area contributed by atoms with Crippen LogP contribution in [0.5, 0.6) is 0 Å². The van der Waals surface area contributed by atoms with Gasteiger partial charge in [0.25, 0.3) is 0 Å². The summed E-state index contributed by atoms with van der Waals surface area (Å²) in [7, 11) is 0. The van der Waals surface area contributed by atoms with Crippen LogP contribution in [0.15, 0.2) is 41.7 Å². The summed E-state index contributed by atoms with van der Waals surface area (Å²) in [5.74, 6) is 0.715. The minimum atomic E-state index is -0.138. The first-order valence-electron chi connectivity index (χ1n) is 5.91. The Hall–Kier alpha value is -0.796. The Balaban J connectivity index is 0.00000180. The number of allylic oxidation sites excluding steroid dienone is 2. The van der Waals surface area contributed by atoms with Gasteiger partial charge in [0.05, 0.1) is 5.76 Å². The van der Waals surface area contributed by atoms with Crippen molar-refractivity contribution < 1.29 is 47.4 Å². The number of Topliss-reactive ketones (excluding diaryl/α,β-unsaturated/α-hetero) is 2. The largest absolute Gasteiger partial charge is 0.515 e. The molecule has 3 nitrogen and oxygen atoms in total. The van der Waals surface area contributed by atoms with Crippen LogP contribution in [0.3, 0.4) is 0 Å². The van der Waals surface area contributed by atoms with Crippen molar-refractivity contribution in [2.24, 2.45) is 0 Å². The van der Waals surface area contributed by atoms with Crippen LogP contribution in [0.2, 0.25) is 0 Å². The van der Waals surface area contributed by atoms with E-state index in [1.807, 2.05) is 13.0 Å². The third kappa shape index (κ3) is 4.08. The summed E-state index contributed by atoms with van der Waals surface area (Å²) in [5.41, 5.74) is 0.839. The second kappa shape index (κ2) is 7.11. The van der Waals surface area contributed by atoms with Crippen molar-refractivity contribution in [3.63, 3.8) is 0 Å². The number of hydrogen-bond acceptors (Lipinski definition) is 3. The quantitative estimate of drug-likeness (QED) is 0.684. The Morgan fingerprint density at radius 1 is 1.26 bits per heavy atom. The molecule has 0 amide bonds. The van der Waals surface area contributed by atoms with Gasteiger partial charge >= 0.3 is 0 Å². The Kier molecular flexibility index (Phi) is 6.09. The van der Waals surface area contributed by atoms with Crippen LogP contribution in [0, 0.1) is 5.92 Å². The first kappa shape index (κ1) is 16.3. The van der Waals surface area contributed by atoms with E-state index < -0.39 is 0 Å². The van der Waals surface area contributed by atoms with E-state index in [0.717, 1.165) is 5.92 Å². The SMILES string of the molecule is C[C-]1CC(=O)C(CC(=O)c2ccccc2)=C(O)C1.[Y]. The van der Waals surface area contributed by atoms with Crippen LogP contribution >= 0.6 is 0 Å². The molecule has 0 saturated heterocycles. The van der Waals surface area contributed by atoms with E-state index in [-0.39, 0.29) is 62.0 Å². The Morgan fingerprint density at radius 3 is 2.47 bits per heavy atom. The summed E-state index contributed by atoms with van der Waals surface area (Å²) in [6, 6.07) is 8.82. The van der Waals surface area contributed by atoms with Gasteiger partial charge in [-0.15, -0.1) is 12.8 Å². The predicted octanol–water partition coefficient (Wildman–Crippen LogP) is 3.03. The molecular formula is C15H15O3Y-. The molecule has 1 aromatic rings. The molecule has 4 heteroatoms. The van der Waals surface area contributed by atoms with Crippen molar-refractivity contribution in [1.82, 2.24) is 0 Å². The van der Waals surface area contributed by atoms with Gasteiger partial charge in [-0.1, -0.05) is 30.3 Å². The van der Waals surface area contributed by atoms with Gasteiger partial charge in [-0.05, 0) is 0 Å². The zero-order chi connectivity index (χ0) is 13.1. The molecule has 2 rings (SSSR count). The first-order chi connectivity index (χ1) is 8.58. The van der Waals surface area contributed by atoms with Crippen molar-refractivity contribution >= 4 is 11.6 Å². The van der Waals surface area contributed by atoms with Gasteiger partial charge < -0.3 is 11.0 Å². The molecule has 0 heterocycles. The Labute approximate surface area is 138 Å². The smallest absolute Gasteiger partial charge is 0.167 e. The molecule has 1 N–H and O–H groups in total. The average Bonchev–Trinajstić information content (AvgIpc) is 2.34. The molecule has 0 spiro atoms. The van der Waals surface area contributed by atoms with Gasteiger partial charge in [0, 0.05) is 50.3 Å². The molecular weight excluding hydrogens is 317 g/mol. The van der Waals surface area contributed by atoms with Crippen LogP contribution in [-0.4, -0.2) is 16.7 Å². The van der Waals surface area contributed by atoms with E-state index in [4.69, 9.17) is 0 Å². The van der Waals surface area contributed by atoms with Crippen molar-refractivity contribution in [3.8, 4) is 0 Å². The number of aliphatic hydroxyl groups is 1. The molecule has 0 fully saturated rings. The standard InChI is InChI=1S/C15H15O3.Y/c1-10-7-14(17)12(15(18)8-10)9-13(16)11-5-3-2-4-6-11;/h2-6,17H,7-9H2,1H3;/q-1;. The molecule has 0 unspecified atom stereocenters. The number of carbonyl (C=O) groups is 2. The second-order valence-corrected chi connectivity index (χ2v) is 4.63. The minimum Gasteiger partial charge on any atom is -0.515 e. The van der Waals surface area contributed by atoms with Gasteiger partial charge in [0.15, 0.2) is 5.78 Å². The van der Waals surface area contributed by atoms with Crippen LogP contribution in [0.4, 0.5) is 0 Å². The molecule has 0 aromatic heterocycles. The molecule has 1 aliphatic rings. The topological polar surface area (TPSA) is 54.4 Å². The average molecular weight is 332 g/mol. The zero-order valence-electron chi connectivity index (χ0n) is 10.8. The van der Waals surface area contributed by atoms with Gasteiger partial charge in [0.2, 0.25) is 0 Å². The number of benzene rings is 1. The minimum absolute atomic E-state index is 0. The molecule has 1 aromatic carbocycles. The maximum Gasteiger partial charge on any atom is 0.167 e. The van der Waals surface area contributed by atoms with E-state index in [1.54, 1.807) is 24.3 Å². The number of hydrogen-bond donors (Lipinski definition) is 1. The summed E-state index contributed by atoms with van der Waals surface area (Å²) < 4.78 is 0. The number of ketones is 2. The summed E-state index contributed by atoms with van der Waals surface area (Å²) in [6.07, 6.45) is 0.729. The third-order valence-corrected chi connectivity index (χ3v) is 3.05. The summed E-state index contributed by atoms with van der Waals surface area (Å²) in [5, 5.41) is 9.79. The summed E-state index contributed by atoms with van der Waals surface area (Å²) >= 11 is 0. The van der Waals surface area contributed by atoms with Gasteiger partial charge in [-0.2, -0.15) is 6.92 Å². The number of carbonyl (C=O) groups excluding carboxylic acids is 2. The maximum absolute atomic E-state index is 12.0. The van der Waals surface area contributed by atoms with Crippen LogP contribution in [0.1, 0.15) is 36.5 Å².